The summed E-state index contributed by atoms with van der Waals surface area (Å²) in [6.45, 7) is 4.31. The second-order valence-electron chi connectivity index (χ2n) is 7.05. The van der Waals surface area contributed by atoms with Crippen molar-refractivity contribution in [3.8, 4) is 0 Å². The highest BCUT2D eigenvalue weighted by Gasteiger charge is 2.30. The molecule has 29 heavy (non-hydrogen) atoms. The van der Waals surface area contributed by atoms with Gasteiger partial charge < -0.3 is 4.90 Å². The summed E-state index contributed by atoms with van der Waals surface area (Å²) in [5, 5.41) is 3.07. The summed E-state index contributed by atoms with van der Waals surface area (Å²) in [4.78, 5) is 7.30. The average molecular weight is 492 g/mol. The lowest BCUT2D eigenvalue weighted by Gasteiger charge is -2.34. The number of anilines is 1. The minimum atomic E-state index is -3.50. The molecule has 0 unspecified atom stereocenters. The van der Waals surface area contributed by atoms with E-state index in [0.29, 0.717) is 35.5 Å². The molecule has 0 aliphatic carbocycles. The van der Waals surface area contributed by atoms with Crippen LogP contribution in [0.4, 0.5) is 5.13 Å². The number of rotatable bonds is 5. The summed E-state index contributed by atoms with van der Waals surface area (Å²) in [5.41, 5.74) is 3.62. The predicted octanol–water partition coefficient (Wildman–Crippen LogP) is 4.32. The van der Waals surface area contributed by atoms with Crippen LogP contribution < -0.4 is 4.90 Å². The quantitative estimate of drug-likeness (QED) is 0.533. The van der Waals surface area contributed by atoms with Crippen LogP contribution in [-0.4, -0.2) is 43.9 Å². The molecule has 3 aromatic rings. The lowest BCUT2D eigenvalue weighted by Crippen LogP contribution is -2.48. The van der Waals surface area contributed by atoms with E-state index in [4.69, 9.17) is 4.98 Å². The van der Waals surface area contributed by atoms with Gasteiger partial charge >= 0.3 is 0 Å². The fourth-order valence-electron chi connectivity index (χ4n) is 3.44. The van der Waals surface area contributed by atoms with Crippen molar-refractivity contribution in [2.45, 2.75) is 18.2 Å². The molecule has 0 amide bonds. The van der Waals surface area contributed by atoms with E-state index in [2.05, 4.69) is 51.3 Å². The molecule has 0 atom stereocenters. The summed E-state index contributed by atoms with van der Waals surface area (Å²) >= 11 is 4.99. The van der Waals surface area contributed by atoms with Crippen molar-refractivity contribution in [1.29, 1.82) is 0 Å². The van der Waals surface area contributed by atoms with Gasteiger partial charge in [-0.1, -0.05) is 36.4 Å². The summed E-state index contributed by atoms with van der Waals surface area (Å²) in [5.74, 6) is 0. The Labute approximate surface area is 184 Å². The average Bonchev–Trinajstić information content (AvgIpc) is 3.19. The van der Waals surface area contributed by atoms with Gasteiger partial charge in [0.05, 0.1) is 10.6 Å². The molecule has 0 spiro atoms. The number of piperazine rings is 1. The van der Waals surface area contributed by atoms with E-state index in [1.807, 2.05) is 12.1 Å². The molecule has 2 aromatic carbocycles. The Kier molecular flexibility index (Phi) is 6.06. The highest BCUT2D eigenvalue weighted by atomic mass is 79.9. The predicted molar refractivity (Wildman–Crippen MR) is 121 cm³/mol. The molecule has 5 nitrogen and oxygen atoms in total. The van der Waals surface area contributed by atoms with Crippen molar-refractivity contribution in [2.24, 2.45) is 0 Å². The van der Waals surface area contributed by atoms with Crippen molar-refractivity contribution in [2.75, 3.05) is 31.1 Å². The highest BCUT2D eigenvalue weighted by Crippen LogP contribution is 2.28. The minimum Gasteiger partial charge on any atom is -0.345 e. The van der Waals surface area contributed by atoms with Crippen LogP contribution in [0.3, 0.4) is 0 Å². The molecule has 0 saturated carbocycles. The Bertz CT molecular complexity index is 1110. The number of benzene rings is 2. The molecule has 8 heteroatoms. The number of aromatic nitrogens is 1. The maximum atomic E-state index is 13.0. The molecule has 0 radical (unpaired) electrons. The largest absolute Gasteiger partial charge is 0.345 e. The topological polar surface area (TPSA) is 53.5 Å². The number of thiazole rings is 1. The van der Waals surface area contributed by atoms with Crippen LogP contribution in [0.2, 0.25) is 0 Å². The minimum absolute atomic E-state index is 0.322. The molecule has 1 fully saturated rings. The van der Waals surface area contributed by atoms with Crippen LogP contribution in [-0.2, 0) is 16.4 Å². The molecular formula is C21H22BrN3O2S2. The second kappa shape index (κ2) is 8.55. The number of aryl methyl sites for hydroxylation is 1. The normalized spacial score (nSPS) is 15.6. The lowest BCUT2D eigenvalue weighted by atomic mass is 10.1. The third-order valence-electron chi connectivity index (χ3n) is 5.14. The van der Waals surface area contributed by atoms with Crippen molar-refractivity contribution < 1.29 is 8.42 Å². The van der Waals surface area contributed by atoms with Gasteiger partial charge in [-0.3, -0.25) is 0 Å². The van der Waals surface area contributed by atoms with Gasteiger partial charge in [-0.25, -0.2) is 13.4 Å². The Balaban J connectivity index is 1.42. The molecule has 1 saturated heterocycles. The first-order valence-electron chi connectivity index (χ1n) is 9.44. The first-order chi connectivity index (χ1) is 13.9. The molecule has 2 heterocycles. The third kappa shape index (κ3) is 4.40. The highest BCUT2D eigenvalue weighted by molar-refractivity contribution is 9.10. The molecule has 1 aromatic heterocycles. The summed E-state index contributed by atoms with van der Waals surface area (Å²) in [6.07, 6.45) is 0.819. The molecule has 152 valence electrons. The number of sulfonamides is 1. The summed E-state index contributed by atoms with van der Waals surface area (Å²) in [6, 6.07) is 15.3. The van der Waals surface area contributed by atoms with Crippen LogP contribution >= 0.6 is 27.3 Å². The number of halogens is 1. The zero-order valence-electron chi connectivity index (χ0n) is 16.1. The van der Waals surface area contributed by atoms with Crippen LogP contribution in [0.5, 0.6) is 0 Å². The van der Waals surface area contributed by atoms with E-state index in [1.165, 1.54) is 11.1 Å². The van der Waals surface area contributed by atoms with E-state index < -0.39 is 10.0 Å². The van der Waals surface area contributed by atoms with Crippen molar-refractivity contribution in [1.82, 2.24) is 9.29 Å². The summed E-state index contributed by atoms with van der Waals surface area (Å²) in [7, 11) is -3.50. The van der Waals surface area contributed by atoms with E-state index in [1.54, 1.807) is 33.8 Å². The van der Waals surface area contributed by atoms with Crippen molar-refractivity contribution >= 4 is 42.4 Å². The molecule has 1 aliphatic heterocycles. The molecule has 4 rings (SSSR count). The monoisotopic (exact) mass is 491 g/mol. The number of hydrogen-bond acceptors (Lipinski definition) is 5. The van der Waals surface area contributed by atoms with Crippen molar-refractivity contribution in [3.05, 3.63) is 75.2 Å². The number of nitrogens with zero attached hydrogens (tertiary/aromatic N) is 3. The molecule has 1 aliphatic rings. The van der Waals surface area contributed by atoms with Gasteiger partial charge in [0.1, 0.15) is 0 Å². The fourth-order valence-corrected chi connectivity index (χ4v) is 6.70. The van der Waals surface area contributed by atoms with Gasteiger partial charge in [-0.2, -0.15) is 4.31 Å². The van der Waals surface area contributed by atoms with Gasteiger partial charge in [-0.15, -0.1) is 11.3 Å². The van der Waals surface area contributed by atoms with Crippen LogP contribution in [0, 0.1) is 6.92 Å². The van der Waals surface area contributed by atoms with E-state index in [9.17, 15) is 8.42 Å². The van der Waals surface area contributed by atoms with Gasteiger partial charge in [-0.05, 0) is 46.1 Å². The standard InChI is InChI=1S/C21H22BrN3O2S2/c1-16-6-2-3-7-17(16)14-18-15-28-21(23-18)24-10-12-25(13-11-24)29(26,27)20-9-5-4-8-19(20)22/h2-9,15H,10-14H2,1H3. The van der Waals surface area contributed by atoms with E-state index >= 15 is 0 Å². The Morgan fingerprint density at radius 2 is 1.72 bits per heavy atom. The molecular weight excluding hydrogens is 470 g/mol. The van der Waals surface area contributed by atoms with E-state index in [-0.39, 0.29) is 0 Å². The first-order valence-corrected chi connectivity index (χ1v) is 12.5. The van der Waals surface area contributed by atoms with E-state index in [0.717, 1.165) is 17.2 Å². The smallest absolute Gasteiger partial charge is 0.244 e. The van der Waals surface area contributed by atoms with Crippen LogP contribution in [0.25, 0.3) is 0 Å². The molecule has 0 bridgehead atoms. The second-order valence-corrected chi connectivity index (χ2v) is 10.6. The zero-order chi connectivity index (χ0) is 20.4. The van der Waals surface area contributed by atoms with Gasteiger partial charge in [0.25, 0.3) is 0 Å². The maximum Gasteiger partial charge on any atom is 0.244 e. The zero-order valence-corrected chi connectivity index (χ0v) is 19.3. The van der Waals surface area contributed by atoms with Crippen LogP contribution in [0.15, 0.2) is 63.3 Å². The van der Waals surface area contributed by atoms with Gasteiger partial charge in [0.2, 0.25) is 10.0 Å². The summed E-state index contributed by atoms with van der Waals surface area (Å²) < 4.78 is 28.1. The molecule has 0 N–H and O–H groups in total. The van der Waals surface area contributed by atoms with Crippen molar-refractivity contribution in [3.63, 3.8) is 0 Å². The first kappa shape index (κ1) is 20.5. The van der Waals surface area contributed by atoms with Gasteiger partial charge in [0.15, 0.2) is 5.13 Å². The SMILES string of the molecule is Cc1ccccc1Cc1csc(N2CCN(S(=O)(=O)c3ccccc3Br)CC2)n1. The Hall–Kier alpha value is -1.74. The third-order valence-corrected chi connectivity index (χ3v) is 9.00. The number of hydrogen-bond donors (Lipinski definition) is 0. The Morgan fingerprint density at radius 1 is 1.03 bits per heavy atom. The Morgan fingerprint density at radius 3 is 2.45 bits per heavy atom. The van der Waals surface area contributed by atoms with Crippen LogP contribution in [0.1, 0.15) is 16.8 Å². The fraction of sp³-hybridized carbons (Fsp3) is 0.286. The maximum absolute atomic E-state index is 13.0. The lowest BCUT2D eigenvalue weighted by molar-refractivity contribution is 0.384. The van der Waals surface area contributed by atoms with Gasteiger partial charge in [0, 0.05) is 42.5 Å².